The van der Waals surface area contributed by atoms with Crippen molar-refractivity contribution in [1.82, 2.24) is 19.6 Å². The van der Waals surface area contributed by atoms with Gasteiger partial charge in [-0.25, -0.2) is 18.3 Å². The maximum absolute atomic E-state index is 13.8. The highest BCUT2D eigenvalue weighted by Gasteiger charge is 2.48. The Hall–Kier alpha value is -4.08. The van der Waals surface area contributed by atoms with E-state index in [1.54, 1.807) is 29.2 Å². The summed E-state index contributed by atoms with van der Waals surface area (Å²) in [6.45, 7) is 0.462. The molecule has 0 radical (unpaired) electrons. The van der Waals surface area contributed by atoms with Crippen molar-refractivity contribution in [2.24, 2.45) is 0 Å². The Morgan fingerprint density at radius 1 is 1.03 bits per heavy atom. The van der Waals surface area contributed by atoms with E-state index < -0.39 is 41.0 Å². The number of hydrogen-bond acceptors (Lipinski definition) is 5. The number of hydrogen-bond donors (Lipinski definition) is 0. The SMILES string of the molecule is CN(C)C(=O)Oc1c2n(ncc1=O)[C@@H](C(c1ccc(F)cc1)c1ccc(F)cc1)[C@H]1CCCN1C2=O. The van der Waals surface area contributed by atoms with E-state index in [4.69, 9.17) is 4.74 Å². The number of carbonyl (C=O) groups is 2. The quantitative estimate of drug-likeness (QED) is 0.554. The minimum absolute atomic E-state index is 0.116. The molecule has 186 valence electrons. The smallest absolute Gasteiger partial charge is 0.403 e. The zero-order valence-electron chi connectivity index (χ0n) is 19.7. The number of fused-ring (bicyclic) bond motifs is 2. The van der Waals surface area contributed by atoms with E-state index in [9.17, 15) is 23.2 Å². The van der Waals surface area contributed by atoms with Gasteiger partial charge in [-0.2, -0.15) is 5.10 Å². The molecule has 8 nitrogen and oxygen atoms in total. The predicted octanol–water partition coefficient (Wildman–Crippen LogP) is 3.57. The van der Waals surface area contributed by atoms with Crippen LogP contribution in [-0.4, -0.2) is 58.3 Å². The average molecular weight is 494 g/mol. The molecule has 0 N–H and O–H groups in total. The highest BCUT2D eigenvalue weighted by atomic mass is 19.1. The minimum Gasteiger partial charge on any atom is -0.403 e. The zero-order chi connectivity index (χ0) is 25.6. The first kappa shape index (κ1) is 23.7. The number of benzene rings is 2. The second-order valence-electron chi connectivity index (χ2n) is 9.17. The van der Waals surface area contributed by atoms with Gasteiger partial charge in [0.05, 0.1) is 18.3 Å². The molecule has 2 amide bonds. The molecule has 2 aromatic carbocycles. The fraction of sp³-hybridized carbons (Fsp3) is 0.308. The van der Waals surface area contributed by atoms with Crippen LogP contribution in [0.1, 0.15) is 46.4 Å². The van der Waals surface area contributed by atoms with Gasteiger partial charge in [-0.1, -0.05) is 24.3 Å². The maximum atomic E-state index is 13.8. The highest BCUT2D eigenvalue weighted by molar-refractivity contribution is 5.97. The minimum atomic E-state index is -0.803. The summed E-state index contributed by atoms with van der Waals surface area (Å²) in [4.78, 5) is 41.5. The molecular formula is C26H24F2N4O4. The van der Waals surface area contributed by atoms with Crippen LogP contribution in [0.15, 0.2) is 59.5 Å². The third kappa shape index (κ3) is 4.02. The van der Waals surface area contributed by atoms with E-state index in [1.165, 1.54) is 43.0 Å². The van der Waals surface area contributed by atoms with Gasteiger partial charge in [-0.15, -0.1) is 0 Å². The monoisotopic (exact) mass is 494 g/mol. The van der Waals surface area contributed by atoms with Crippen LogP contribution in [0.4, 0.5) is 13.6 Å². The molecule has 0 saturated carbocycles. The van der Waals surface area contributed by atoms with Crippen LogP contribution >= 0.6 is 0 Å². The van der Waals surface area contributed by atoms with E-state index in [0.717, 1.165) is 28.6 Å². The van der Waals surface area contributed by atoms with E-state index >= 15 is 0 Å². The number of amides is 2. The van der Waals surface area contributed by atoms with Gasteiger partial charge in [-0.3, -0.25) is 9.59 Å². The van der Waals surface area contributed by atoms with Crippen molar-refractivity contribution in [2.45, 2.75) is 30.8 Å². The van der Waals surface area contributed by atoms with Gasteiger partial charge in [0.1, 0.15) is 11.6 Å². The van der Waals surface area contributed by atoms with Gasteiger partial charge >= 0.3 is 6.09 Å². The summed E-state index contributed by atoms with van der Waals surface area (Å²) >= 11 is 0. The van der Waals surface area contributed by atoms with Crippen molar-refractivity contribution in [2.75, 3.05) is 20.6 Å². The fourth-order valence-corrected chi connectivity index (χ4v) is 5.14. The number of rotatable bonds is 4. The second-order valence-corrected chi connectivity index (χ2v) is 9.17. The summed E-state index contributed by atoms with van der Waals surface area (Å²) in [6.07, 6.45) is 1.63. The van der Waals surface area contributed by atoms with Gasteiger partial charge in [0.2, 0.25) is 11.2 Å². The normalized spacial score (nSPS) is 18.7. The predicted molar refractivity (Wildman–Crippen MR) is 126 cm³/mol. The van der Waals surface area contributed by atoms with E-state index in [0.29, 0.717) is 13.0 Å². The lowest BCUT2D eigenvalue weighted by molar-refractivity contribution is 0.0564. The Balaban J connectivity index is 1.75. The van der Waals surface area contributed by atoms with Crippen LogP contribution in [0.5, 0.6) is 5.75 Å². The third-order valence-electron chi connectivity index (χ3n) is 6.76. The number of halogens is 2. The van der Waals surface area contributed by atoms with Gasteiger partial charge in [-0.05, 0) is 48.2 Å². The second kappa shape index (κ2) is 9.18. The molecule has 0 bridgehead atoms. The molecule has 5 rings (SSSR count). The number of ether oxygens (including phenoxy) is 1. The van der Waals surface area contributed by atoms with Crippen molar-refractivity contribution in [3.63, 3.8) is 0 Å². The fourth-order valence-electron chi connectivity index (χ4n) is 5.14. The topological polar surface area (TPSA) is 84.7 Å². The first-order valence-corrected chi connectivity index (χ1v) is 11.6. The van der Waals surface area contributed by atoms with Crippen molar-refractivity contribution in [3.8, 4) is 5.75 Å². The molecule has 0 spiro atoms. The summed E-state index contributed by atoms with van der Waals surface area (Å²) in [5.41, 5.74) is 0.649. The molecule has 0 aliphatic carbocycles. The maximum Gasteiger partial charge on any atom is 0.414 e. The largest absolute Gasteiger partial charge is 0.414 e. The van der Waals surface area contributed by atoms with Crippen molar-refractivity contribution in [1.29, 1.82) is 0 Å². The molecule has 10 heteroatoms. The molecule has 2 atom stereocenters. The molecule has 1 aromatic heterocycles. The van der Waals surface area contributed by atoms with Crippen LogP contribution in [-0.2, 0) is 0 Å². The van der Waals surface area contributed by atoms with Gasteiger partial charge in [0.25, 0.3) is 5.91 Å². The lowest BCUT2D eigenvalue weighted by Crippen LogP contribution is -2.51. The van der Waals surface area contributed by atoms with Crippen LogP contribution in [0.2, 0.25) is 0 Å². The Bertz CT molecular complexity index is 1330. The molecule has 1 saturated heterocycles. The molecule has 3 heterocycles. The first-order valence-electron chi connectivity index (χ1n) is 11.6. The summed E-state index contributed by atoms with van der Waals surface area (Å²) in [5, 5.41) is 4.33. The Kier molecular flexibility index (Phi) is 6.03. The highest BCUT2D eigenvalue weighted by Crippen LogP contribution is 2.45. The molecule has 36 heavy (non-hydrogen) atoms. The van der Waals surface area contributed by atoms with E-state index in [2.05, 4.69) is 5.10 Å². The number of carbonyl (C=O) groups excluding carboxylic acids is 2. The van der Waals surface area contributed by atoms with E-state index in [1.807, 2.05) is 0 Å². The van der Waals surface area contributed by atoms with Crippen molar-refractivity contribution in [3.05, 3.63) is 93.4 Å². The van der Waals surface area contributed by atoms with Gasteiger partial charge in [0, 0.05) is 26.6 Å². The Morgan fingerprint density at radius 3 is 2.17 bits per heavy atom. The molecule has 3 aromatic rings. The summed E-state index contributed by atoms with van der Waals surface area (Å²) in [5.74, 6) is -2.12. The van der Waals surface area contributed by atoms with Crippen LogP contribution in [0.3, 0.4) is 0 Å². The summed E-state index contributed by atoms with van der Waals surface area (Å²) in [7, 11) is 2.93. The Morgan fingerprint density at radius 2 is 1.61 bits per heavy atom. The van der Waals surface area contributed by atoms with Gasteiger partial charge < -0.3 is 14.5 Å². The Labute approximate surface area is 205 Å². The summed E-state index contributed by atoms with van der Waals surface area (Å²) < 4.78 is 34.5. The van der Waals surface area contributed by atoms with Crippen LogP contribution in [0, 0.1) is 11.6 Å². The number of nitrogens with zero attached hydrogens (tertiary/aromatic N) is 4. The first-order chi connectivity index (χ1) is 17.3. The standard InChI is InChI=1S/C26H24F2N4O4/c1-30(2)26(35)36-24-20(33)14-29-32-22(19-4-3-13-31(19)25(34)23(24)32)21(15-5-9-17(27)10-6-15)16-7-11-18(28)12-8-16/h5-12,14,19,21-22H,3-4,13H2,1-2H3/t19-,22-/m1/s1. The van der Waals surface area contributed by atoms with Crippen molar-refractivity contribution < 1.29 is 23.1 Å². The summed E-state index contributed by atoms with van der Waals surface area (Å²) in [6, 6.07) is 11.1. The molecule has 2 aliphatic heterocycles. The molecule has 1 fully saturated rings. The number of aromatic nitrogens is 2. The lowest BCUT2D eigenvalue weighted by atomic mass is 9.80. The van der Waals surface area contributed by atoms with Crippen LogP contribution < -0.4 is 10.2 Å². The third-order valence-corrected chi connectivity index (χ3v) is 6.76. The van der Waals surface area contributed by atoms with Crippen molar-refractivity contribution >= 4 is 12.0 Å². The molecular weight excluding hydrogens is 470 g/mol. The van der Waals surface area contributed by atoms with Crippen LogP contribution in [0.25, 0.3) is 0 Å². The lowest BCUT2D eigenvalue weighted by Gasteiger charge is -2.42. The average Bonchev–Trinajstić information content (AvgIpc) is 3.35. The molecule has 0 unspecified atom stereocenters. The van der Waals surface area contributed by atoms with Gasteiger partial charge in [0.15, 0.2) is 5.69 Å². The zero-order valence-corrected chi connectivity index (χ0v) is 19.7. The molecule has 2 aliphatic rings. The van der Waals surface area contributed by atoms with E-state index in [-0.39, 0.29) is 17.5 Å².